The van der Waals surface area contributed by atoms with Gasteiger partial charge in [-0.15, -0.1) is 0 Å². The van der Waals surface area contributed by atoms with Crippen molar-refractivity contribution in [3.63, 3.8) is 0 Å². The average molecular weight is 239 g/mol. The van der Waals surface area contributed by atoms with Crippen LogP contribution in [0.15, 0.2) is 30.3 Å². The Morgan fingerprint density at radius 2 is 1.62 bits per heavy atom. The van der Waals surface area contributed by atoms with Crippen molar-refractivity contribution in [1.29, 1.82) is 0 Å². The lowest BCUT2D eigenvalue weighted by atomic mass is 10.3. The second-order valence-corrected chi connectivity index (χ2v) is 5.45. The number of nitrogens with zero attached hydrogens (tertiary/aromatic N) is 1. The summed E-state index contributed by atoms with van der Waals surface area (Å²) in [5, 5.41) is 0. The van der Waals surface area contributed by atoms with Crippen molar-refractivity contribution in [2.24, 2.45) is 0 Å². The number of anilines is 1. The SMILES string of the molecule is CCO[SiH](CN(C)c1ccccc1)OCC. The van der Waals surface area contributed by atoms with E-state index in [9.17, 15) is 0 Å². The van der Waals surface area contributed by atoms with Crippen LogP contribution < -0.4 is 4.90 Å². The molecule has 16 heavy (non-hydrogen) atoms. The van der Waals surface area contributed by atoms with Crippen molar-refractivity contribution < 1.29 is 8.85 Å². The van der Waals surface area contributed by atoms with E-state index in [1.165, 1.54) is 5.69 Å². The largest absolute Gasteiger partial charge is 0.396 e. The third-order valence-corrected chi connectivity index (χ3v) is 4.58. The molecule has 0 aromatic heterocycles. The van der Waals surface area contributed by atoms with Gasteiger partial charge in [-0.3, -0.25) is 0 Å². The number of hydrogen-bond donors (Lipinski definition) is 0. The summed E-state index contributed by atoms with van der Waals surface area (Å²) in [6.07, 6.45) is 0.881. The van der Waals surface area contributed by atoms with Gasteiger partial charge >= 0.3 is 9.28 Å². The highest BCUT2D eigenvalue weighted by molar-refractivity contribution is 6.45. The second kappa shape index (κ2) is 7.43. The molecule has 90 valence electrons. The van der Waals surface area contributed by atoms with Crippen molar-refractivity contribution >= 4 is 15.0 Å². The first kappa shape index (κ1) is 13.2. The first-order valence-corrected chi connectivity index (χ1v) is 7.53. The molecule has 0 saturated carbocycles. The Balaban J connectivity index is 2.50. The van der Waals surface area contributed by atoms with Gasteiger partial charge in [-0.05, 0) is 26.0 Å². The predicted molar refractivity (Wildman–Crippen MR) is 70.1 cm³/mol. The maximum absolute atomic E-state index is 5.65. The van der Waals surface area contributed by atoms with E-state index in [1.807, 2.05) is 32.0 Å². The fraction of sp³-hybridized carbons (Fsp3) is 0.500. The zero-order chi connectivity index (χ0) is 11.8. The van der Waals surface area contributed by atoms with Gasteiger partial charge in [0, 0.05) is 25.9 Å². The van der Waals surface area contributed by atoms with E-state index < -0.39 is 9.28 Å². The molecule has 0 saturated heterocycles. The topological polar surface area (TPSA) is 21.7 Å². The summed E-state index contributed by atoms with van der Waals surface area (Å²) in [6, 6.07) is 10.3. The highest BCUT2D eigenvalue weighted by Crippen LogP contribution is 2.11. The van der Waals surface area contributed by atoms with Crippen LogP contribution in [0.5, 0.6) is 0 Å². The Kier molecular flexibility index (Phi) is 6.14. The molecular weight excluding hydrogens is 218 g/mol. The van der Waals surface area contributed by atoms with Crippen LogP contribution in [0.2, 0.25) is 0 Å². The molecule has 0 N–H and O–H groups in total. The van der Waals surface area contributed by atoms with Crippen LogP contribution in [0.1, 0.15) is 13.8 Å². The van der Waals surface area contributed by atoms with E-state index >= 15 is 0 Å². The lowest BCUT2D eigenvalue weighted by Crippen LogP contribution is -2.37. The highest BCUT2D eigenvalue weighted by Gasteiger charge is 2.15. The van der Waals surface area contributed by atoms with E-state index in [4.69, 9.17) is 8.85 Å². The average Bonchev–Trinajstić information content (AvgIpc) is 2.31. The maximum Gasteiger partial charge on any atom is 0.341 e. The van der Waals surface area contributed by atoms with Gasteiger partial charge in [-0.25, -0.2) is 0 Å². The molecule has 1 rings (SSSR count). The van der Waals surface area contributed by atoms with E-state index in [-0.39, 0.29) is 0 Å². The van der Waals surface area contributed by atoms with Crippen molar-refractivity contribution in [2.45, 2.75) is 13.8 Å². The van der Waals surface area contributed by atoms with Crippen LogP contribution in [-0.4, -0.2) is 35.7 Å². The Labute approximate surface area is 99.8 Å². The molecule has 0 amide bonds. The van der Waals surface area contributed by atoms with Gasteiger partial charge in [0.15, 0.2) is 0 Å². The molecule has 1 aromatic carbocycles. The zero-order valence-corrected chi connectivity index (χ0v) is 11.5. The summed E-state index contributed by atoms with van der Waals surface area (Å²) in [5.41, 5.74) is 1.21. The van der Waals surface area contributed by atoms with E-state index in [0.717, 1.165) is 19.4 Å². The number of para-hydroxylation sites is 1. The molecule has 4 heteroatoms. The van der Waals surface area contributed by atoms with Crippen LogP contribution in [0.4, 0.5) is 5.69 Å². The molecule has 0 bridgehead atoms. The molecule has 0 radical (unpaired) electrons. The maximum atomic E-state index is 5.65. The van der Waals surface area contributed by atoms with Crippen LogP contribution in [0.25, 0.3) is 0 Å². The lowest BCUT2D eigenvalue weighted by molar-refractivity contribution is 0.214. The third-order valence-electron chi connectivity index (χ3n) is 2.33. The van der Waals surface area contributed by atoms with Gasteiger partial charge in [0.1, 0.15) is 0 Å². The summed E-state index contributed by atoms with van der Waals surface area (Å²) < 4.78 is 11.3. The minimum absolute atomic E-state index is 0.736. The molecule has 0 spiro atoms. The van der Waals surface area contributed by atoms with Crippen molar-refractivity contribution in [3.05, 3.63) is 30.3 Å². The molecule has 1 aromatic rings. The number of hydrogen-bond acceptors (Lipinski definition) is 3. The van der Waals surface area contributed by atoms with Crippen molar-refractivity contribution in [3.8, 4) is 0 Å². The van der Waals surface area contributed by atoms with Crippen LogP contribution >= 0.6 is 0 Å². The summed E-state index contributed by atoms with van der Waals surface area (Å²) >= 11 is 0. The molecule has 0 aliphatic rings. The van der Waals surface area contributed by atoms with Gasteiger partial charge in [0.2, 0.25) is 0 Å². The van der Waals surface area contributed by atoms with Gasteiger partial charge in [0.25, 0.3) is 0 Å². The molecule has 0 fully saturated rings. The van der Waals surface area contributed by atoms with E-state index in [1.54, 1.807) is 0 Å². The van der Waals surface area contributed by atoms with Gasteiger partial charge in [-0.1, -0.05) is 18.2 Å². The minimum atomic E-state index is -1.54. The van der Waals surface area contributed by atoms with Crippen molar-refractivity contribution in [1.82, 2.24) is 0 Å². The second-order valence-electron chi connectivity index (χ2n) is 3.56. The summed E-state index contributed by atoms with van der Waals surface area (Å²) in [7, 11) is 0.541. The van der Waals surface area contributed by atoms with Gasteiger partial charge in [-0.2, -0.15) is 0 Å². The molecule has 0 unspecified atom stereocenters. The quantitative estimate of drug-likeness (QED) is 0.679. The number of rotatable bonds is 7. The Morgan fingerprint density at radius 1 is 1.06 bits per heavy atom. The lowest BCUT2D eigenvalue weighted by Gasteiger charge is -2.23. The minimum Gasteiger partial charge on any atom is -0.396 e. The molecule has 0 aliphatic carbocycles. The smallest absolute Gasteiger partial charge is 0.341 e. The fourth-order valence-electron chi connectivity index (χ4n) is 1.54. The zero-order valence-electron chi connectivity index (χ0n) is 10.3. The molecular formula is C12H21NO2Si. The first-order valence-electron chi connectivity index (χ1n) is 5.77. The van der Waals surface area contributed by atoms with Crippen LogP contribution in [-0.2, 0) is 8.85 Å². The predicted octanol–water partition coefficient (Wildman–Crippen LogP) is 1.96. The Hall–Kier alpha value is -0.843. The van der Waals surface area contributed by atoms with Crippen molar-refractivity contribution in [2.75, 3.05) is 31.3 Å². The first-order chi connectivity index (χ1) is 7.77. The normalized spacial score (nSPS) is 10.8. The van der Waals surface area contributed by atoms with Gasteiger partial charge in [0.05, 0.1) is 6.17 Å². The van der Waals surface area contributed by atoms with Crippen LogP contribution in [0.3, 0.4) is 0 Å². The summed E-state index contributed by atoms with van der Waals surface area (Å²) in [6.45, 7) is 5.50. The van der Waals surface area contributed by atoms with E-state index in [0.29, 0.717) is 0 Å². The van der Waals surface area contributed by atoms with Gasteiger partial charge < -0.3 is 13.8 Å². The van der Waals surface area contributed by atoms with E-state index in [2.05, 4.69) is 24.1 Å². The standard InChI is InChI=1S/C12H21NO2Si/c1-4-14-16(15-5-2)11-13(3)12-9-7-6-8-10-12/h6-10,16H,4-5,11H2,1-3H3. The third kappa shape index (κ3) is 4.34. The monoisotopic (exact) mass is 239 g/mol. The summed E-state index contributed by atoms with van der Waals surface area (Å²) in [4.78, 5) is 2.20. The molecule has 0 heterocycles. The summed E-state index contributed by atoms with van der Waals surface area (Å²) in [5.74, 6) is 0. The molecule has 3 nitrogen and oxygen atoms in total. The molecule has 0 atom stereocenters. The highest BCUT2D eigenvalue weighted by atomic mass is 28.3. The number of benzene rings is 1. The van der Waals surface area contributed by atoms with Crippen LogP contribution in [0, 0.1) is 0 Å². The fourth-order valence-corrected chi connectivity index (χ4v) is 3.25. The Morgan fingerprint density at radius 3 is 2.12 bits per heavy atom. The molecule has 0 aliphatic heterocycles. The Bertz CT molecular complexity index is 276.